The van der Waals surface area contributed by atoms with Crippen LogP contribution in [0.2, 0.25) is 5.02 Å². The van der Waals surface area contributed by atoms with E-state index in [2.05, 4.69) is 44.5 Å². The summed E-state index contributed by atoms with van der Waals surface area (Å²) < 4.78 is 5.75. The van der Waals surface area contributed by atoms with Crippen molar-refractivity contribution in [2.24, 2.45) is 0 Å². The van der Waals surface area contributed by atoms with E-state index in [9.17, 15) is 0 Å². The van der Waals surface area contributed by atoms with E-state index in [-0.39, 0.29) is 0 Å². The highest BCUT2D eigenvalue weighted by Gasteiger charge is 2.26. The number of fused-ring (bicyclic) bond motifs is 1. The molecule has 2 aromatic carbocycles. The predicted octanol–water partition coefficient (Wildman–Crippen LogP) is 5.08. The van der Waals surface area contributed by atoms with Crippen molar-refractivity contribution in [3.63, 3.8) is 0 Å². The second-order valence-corrected chi connectivity index (χ2v) is 9.86. The SMILES string of the molecule is CCN1CCN(c2ccc(Nc3ncc4c(n3)/C(=C(/NC)c3ccccc3Cl)C(=N)CC4)c(OC)c2)CC1. The highest BCUT2D eigenvalue weighted by atomic mass is 35.5. The molecule has 3 aromatic rings. The lowest BCUT2D eigenvalue weighted by Crippen LogP contribution is -2.46. The minimum absolute atomic E-state index is 0.452. The first-order valence-corrected chi connectivity index (χ1v) is 13.4. The van der Waals surface area contributed by atoms with Crippen LogP contribution in [0.5, 0.6) is 5.75 Å². The smallest absolute Gasteiger partial charge is 0.227 e. The highest BCUT2D eigenvalue weighted by molar-refractivity contribution is 6.35. The third-order valence-electron chi connectivity index (χ3n) is 7.31. The molecule has 38 heavy (non-hydrogen) atoms. The van der Waals surface area contributed by atoms with E-state index in [0.29, 0.717) is 23.1 Å². The van der Waals surface area contributed by atoms with Gasteiger partial charge in [-0.05, 0) is 43.1 Å². The van der Waals surface area contributed by atoms with E-state index < -0.39 is 0 Å². The molecule has 1 fully saturated rings. The van der Waals surface area contributed by atoms with Crippen molar-refractivity contribution >= 4 is 45.9 Å². The monoisotopic (exact) mass is 531 g/mol. The van der Waals surface area contributed by atoms with Crippen LogP contribution in [-0.4, -0.2) is 67.5 Å². The first kappa shape index (κ1) is 26.0. The Morgan fingerprint density at radius 3 is 2.61 bits per heavy atom. The minimum atomic E-state index is 0.452. The van der Waals surface area contributed by atoms with Gasteiger partial charge in [-0.1, -0.05) is 36.7 Å². The molecule has 1 saturated heterocycles. The molecule has 0 atom stereocenters. The zero-order valence-electron chi connectivity index (χ0n) is 22.1. The molecule has 0 unspecified atom stereocenters. The number of aryl methyl sites for hydroxylation is 1. The van der Waals surface area contributed by atoms with E-state index in [0.717, 1.165) is 84.4 Å². The zero-order chi connectivity index (χ0) is 26.6. The van der Waals surface area contributed by atoms with Crippen LogP contribution in [0.4, 0.5) is 17.3 Å². The first-order chi connectivity index (χ1) is 18.5. The average molecular weight is 532 g/mol. The Labute approximate surface area is 229 Å². The van der Waals surface area contributed by atoms with Gasteiger partial charge in [0.15, 0.2) is 0 Å². The number of nitrogens with zero attached hydrogens (tertiary/aromatic N) is 4. The fourth-order valence-corrected chi connectivity index (χ4v) is 5.37. The molecule has 3 N–H and O–H groups in total. The van der Waals surface area contributed by atoms with Gasteiger partial charge in [0.25, 0.3) is 0 Å². The maximum Gasteiger partial charge on any atom is 0.227 e. The van der Waals surface area contributed by atoms with Crippen molar-refractivity contribution in [3.8, 4) is 5.75 Å². The van der Waals surface area contributed by atoms with Crippen molar-refractivity contribution in [3.05, 3.63) is 70.5 Å². The van der Waals surface area contributed by atoms with Crippen molar-refractivity contribution in [2.45, 2.75) is 19.8 Å². The Hall–Kier alpha value is -3.62. The fraction of sp³-hybridized carbons (Fsp3) is 0.345. The Balaban J connectivity index is 1.47. The van der Waals surface area contributed by atoms with Crippen molar-refractivity contribution in [1.82, 2.24) is 20.2 Å². The second kappa shape index (κ2) is 11.4. The molecule has 1 aliphatic carbocycles. The normalized spacial score (nSPS) is 17.2. The Bertz CT molecular complexity index is 1360. The number of allylic oxidation sites excluding steroid dienone is 1. The van der Waals surface area contributed by atoms with Crippen molar-refractivity contribution in [2.75, 3.05) is 57.1 Å². The van der Waals surface area contributed by atoms with E-state index in [1.54, 1.807) is 7.11 Å². The molecule has 2 heterocycles. The molecule has 9 heteroatoms. The second-order valence-electron chi connectivity index (χ2n) is 9.46. The number of anilines is 3. The van der Waals surface area contributed by atoms with Gasteiger partial charge in [-0.15, -0.1) is 0 Å². The van der Waals surface area contributed by atoms with Crippen LogP contribution in [0.15, 0.2) is 48.7 Å². The van der Waals surface area contributed by atoms with E-state index in [4.69, 9.17) is 26.7 Å². The van der Waals surface area contributed by atoms with E-state index in [1.165, 1.54) is 0 Å². The summed E-state index contributed by atoms with van der Waals surface area (Å²) in [6.45, 7) is 7.42. The molecule has 0 bridgehead atoms. The predicted molar refractivity (Wildman–Crippen MR) is 156 cm³/mol. The van der Waals surface area contributed by atoms with Gasteiger partial charge >= 0.3 is 0 Å². The van der Waals surface area contributed by atoms with Gasteiger partial charge in [-0.25, -0.2) is 9.97 Å². The summed E-state index contributed by atoms with van der Waals surface area (Å²) in [6, 6.07) is 13.9. The molecule has 5 rings (SSSR count). The largest absolute Gasteiger partial charge is 0.494 e. The fourth-order valence-electron chi connectivity index (χ4n) is 5.14. The number of aromatic nitrogens is 2. The number of benzene rings is 2. The van der Waals surface area contributed by atoms with Crippen LogP contribution in [0, 0.1) is 5.41 Å². The number of methoxy groups -OCH3 is 1. The van der Waals surface area contributed by atoms with Gasteiger partial charge in [-0.2, -0.15) is 0 Å². The number of piperazine rings is 1. The van der Waals surface area contributed by atoms with Gasteiger partial charge in [-0.3, -0.25) is 0 Å². The summed E-state index contributed by atoms with van der Waals surface area (Å²) in [7, 11) is 3.53. The number of rotatable bonds is 7. The Kier molecular flexibility index (Phi) is 7.81. The van der Waals surface area contributed by atoms with Gasteiger partial charge in [0.2, 0.25) is 5.95 Å². The molecule has 8 nitrogen and oxygen atoms in total. The van der Waals surface area contributed by atoms with Crippen LogP contribution < -0.4 is 20.3 Å². The minimum Gasteiger partial charge on any atom is -0.494 e. The van der Waals surface area contributed by atoms with Crippen LogP contribution in [0.3, 0.4) is 0 Å². The lowest BCUT2D eigenvalue weighted by Gasteiger charge is -2.35. The van der Waals surface area contributed by atoms with Gasteiger partial charge < -0.3 is 30.6 Å². The van der Waals surface area contributed by atoms with Crippen molar-refractivity contribution < 1.29 is 4.74 Å². The third-order valence-corrected chi connectivity index (χ3v) is 7.64. The summed E-state index contributed by atoms with van der Waals surface area (Å²) in [5, 5.41) is 16.0. The average Bonchev–Trinajstić information content (AvgIpc) is 2.95. The Morgan fingerprint density at radius 1 is 1.11 bits per heavy atom. The topological polar surface area (TPSA) is 89.4 Å². The number of likely N-dealkylation sites (N-methyl/N-ethyl adjacent to an activating group) is 1. The van der Waals surface area contributed by atoms with Crippen LogP contribution >= 0.6 is 11.6 Å². The first-order valence-electron chi connectivity index (χ1n) is 13.1. The standard InChI is InChI=1S/C29H34ClN7O/c1-4-36-13-15-37(16-14-36)20-10-12-24(25(17-20)38-3)34-29-33-18-19-9-11-23(31)26(27(19)35-29)28(32-2)21-7-5-6-8-22(21)30/h5-8,10,12,17-18,31-32H,4,9,11,13-16H2,1-3H3,(H,33,34,35)/b28-26+,31-23?. The number of hydrogen-bond acceptors (Lipinski definition) is 8. The van der Waals surface area contributed by atoms with Gasteiger partial charge in [0.1, 0.15) is 5.75 Å². The quantitative estimate of drug-likeness (QED) is 0.392. The summed E-state index contributed by atoms with van der Waals surface area (Å²) >= 11 is 6.54. The molecule has 1 aliphatic heterocycles. The molecule has 1 aromatic heterocycles. The number of halogens is 1. The Morgan fingerprint density at radius 2 is 1.89 bits per heavy atom. The molecule has 198 valence electrons. The molecule has 2 aliphatic rings. The molecule has 0 spiro atoms. The molecular weight excluding hydrogens is 498 g/mol. The maximum atomic E-state index is 8.78. The maximum absolute atomic E-state index is 8.78. The highest BCUT2D eigenvalue weighted by Crippen LogP contribution is 2.36. The van der Waals surface area contributed by atoms with E-state index in [1.807, 2.05) is 43.6 Å². The van der Waals surface area contributed by atoms with E-state index >= 15 is 0 Å². The van der Waals surface area contributed by atoms with Crippen LogP contribution in [0.25, 0.3) is 11.3 Å². The number of ether oxygens (including phenoxy) is 1. The molecule has 0 saturated carbocycles. The van der Waals surface area contributed by atoms with Gasteiger partial charge in [0, 0.05) is 73.0 Å². The van der Waals surface area contributed by atoms with Crippen LogP contribution in [0.1, 0.15) is 30.2 Å². The lowest BCUT2D eigenvalue weighted by molar-refractivity contribution is 0.271. The zero-order valence-corrected chi connectivity index (χ0v) is 22.9. The van der Waals surface area contributed by atoms with Crippen molar-refractivity contribution in [1.29, 1.82) is 5.41 Å². The third kappa shape index (κ3) is 5.19. The summed E-state index contributed by atoms with van der Waals surface area (Å²) in [5.41, 5.74) is 6.59. The van der Waals surface area contributed by atoms with Gasteiger partial charge in [0.05, 0.1) is 24.2 Å². The summed E-state index contributed by atoms with van der Waals surface area (Å²) in [5.74, 6) is 1.19. The molecule has 0 amide bonds. The summed E-state index contributed by atoms with van der Waals surface area (Å²) in [4.78, 5) is 14.3. The number of hydrogen-bond donors (Lipinski definition) is 3. The number of nitrogens with one attached hydrogen (secondary N) is 3. The lowest BCUT2D eigenvalue weighted by atomic mass is 9.87. The molecule has 0 radical (unpaired) electrons. The molecular formula is C29H34ClN7O. The summed E-state index contributed by atoms with van der Waals surface area (Å²) in [6.07, 6.45) is 3.20. The van der Waals surface area contributed by atoms with Crippen LogP contribution in [-0.2, 0) is 6.42 Å².